The van der Waals surface area contributed by atoms with Gasteiger partial charge in [-0.05, 0) is 25.1 Å². The fourth-order valence-electron chi connectivity index (χ4n) is 2.16. The van der Waals surface area contributed by atoms with E-state index in [9.17, 15) is 0 Å². The molecule has 1 heterocycles. The molecule has 102 valence electrons. The smallest absolute Gasteiger partial charge is 0.124 e. The van der Waals surface area contributed by atoms with E-state index in [0.29, 0.717) is 12.5 Å². The van der Waals surface area contributed by atoms with Crippen LogP contribution in [0.4, 0.5) is 5.69 Å². The van der Waals surface area contributed by atoms with Crippen molar-refractivity contribution in [2.24, 2.45) is 0 Å². The highest BCUT2D eigenvalue weighted by atomic mass is 16.5. The number of nitrogens with zero attached hydrogens (tertiary/aromatic N) is 2. The Kier molecular flexibility index (Phi) is 4.10. The topological polar surface area (TPSA) is 53.1 Å². The molecule has 0 bridgehead atoms. The van der Waals surface area contributed by atoms with E-state index in [1.54, 1.807) is 0 Å². The third kappa shape index (κ3) is 3.08. The van der Waals surface area contributed by atoms with Gasteiger partial charge in [0, 0.05) is 29.6 Å². The van der Waals surface area contributed by atoms with Crippen molar-refractivity contribution in [3.05, 3.63) is 42.0 Å². The van der Waals surface area contributed by atoms with Gasteiger partial charge < -0.3 is 15.0 Å². The Morgan fingerprint density at radius 3 is 2.84 bits per heavy atom. The molecule has 0 aliphatic rings. The SMILES string of the molecule is CCOc1ccc(N)cc1Cn1ccnc1C(C)C. The van der Waals surface area contributed by atoms with Crippen LogP contribution in [-0.4, -0.2) is 16.2 Å². The lowest BCUT2D eigenvalue weighted by Gasteiger charge is -2.14. The standard InChI is InChI=1S/C15H21N3O/c1-4-19-14-6-5-13(16)9-12(14)10-18-8-7-17-15(18)11(2)3/h5-9,11H,4,10,16H2,1-3H3. The monoisotopic (exact) mass is 259 g/mol. The average molecular weight is 259 g/mol. The Hall–Kier alpha value is -1.97. The van der Waals surface area contributed by atoms with Crippen LogP contribution in [0.1, 0.15) is 38.1 Å². The van der Waals surface area contributed by atoms with Gasteiger partial charge in [0.05, 0.1) is 13.2 Å². The Bertz CT molecular complexity index is 546. The van der Waals surface area contributed by atoms with Crippen LogP contribution in [0.3, 0.4) is 0 Å². The van der Waals surface area contributed by atoms with Crippen LogP contribution in [0.2, 0.25) is 0 Å². The number of imidazole rings is 1. The largest absolute Gasteiger partial charge is 0.494 e. The van der Waals surface area contributed by atoms with Gasteiger partial charge in [-0.1, -0.05) is 13.8 Å². The van der Waals surface area contributed by atoms with E-state index < -0.39 is 0 Å². The van der Waals surface area contributed by atoms with Gasteiger partial charge in [-0.15, -0.1) is 0 Å². The summed E-state index contributed by atoms with van der Waals surface area (Å²) in [4.78, 5) is 4.40. The first-order valence-corrected chi connectivity index (χ1v) is 6.64. The maximum atomic E-state index is 5.87. The first kappa shape index (κ1) is 13.5. The minimum Gasteiger partial charge on any atom is -0.494 e. The van der Waals surface area contributed by atoms with Gasteiger partial charge in [-0.25, -0.2) is 4.98 Å². The zero-order valence-electron chi connectivity index (χ0n) is 11.8. The normalized spacial score (nSPS) is 10.9. The van der Waals surface area contributed by atoms with Crippen LogP contribution < -0.4 is 10.5 Å². The lowest BCUT2D eigenvalue weighted by molar-refractivity contribution is 0.335. The molecular formula is C15H21N3O. The van der Waals surface area contributed by atoms with Crippen molar-refractivity contribution >= 4 is 5.69 Å². The molecule has 2 rings (SSSR count). The highest BCUT2D eigenvalue weighted by Crippen LogP contribution is 2.24. The molecule has 4 nitrogen and oxygen atoms in total. The molecule has 2 N–H and O–H groups in total. The van der Waals surface area contributed by atoms with Gasteiger partial charge in [0.25, 0.3) is 0 Å². The lowest BCUT2D eigenvalue weighted by atomic mass is 10.1. The second-order valence-electron chi connectivity index (χ2n) is 4.87. The molecule has 0 aliphatic carbocycles. The number of benzene rings is 1. The summed E-state index contributed by atoms with van der Waals surface area (Å²) in [6, 6.07) is 5.76. The van der Waals surface area contributed by atoms with E-state index in [0.717, 1.165) is 29.4 Å². The van der Waals surface area contributed by atoms with E-state index in [1.807, 2.05) is 37.5 Å². The first-order chi connectivity index (χ1) is 9.11. The molecule has 0 spiro atoms. The maximum absolute atomic E-state index is 5.87. The number of aromatic nitrogens is 2. The van der Waals surface area contributed by atoms with Crippen LogP contribution >= 0.6 is 0 Å². The van der Waals surface area contributed by atoms with Crippen LogP contribution in [0, 0.1) is 0 Å². The molecule has 0 radical (unpaired) electrons. The predicted octanol–water partition coefficient (Wildman–Crippen LogP) is 3.04. The number of nitrogen functional groups attached to an aromatic ring is 1. The Morgan fingerprint density at radius 1 is 1.37 bits per heavy atom. The summed E-state index contributed by atoms with van der Waals surface area (Å²) in [6.45, 7) is 7.64. The quantitative estimate of drug-likeness (QED) is 0.840. The summed E-state index contributed by atoms with van der Waals surface area (Å²) in [5.41, 5.74) is 7.71. The van der Waals surface area contributed by atoms with Crippen LogP contribution in [0.5, 0.6) is 5.75 Å². The van der Waals surface area contributed by atoms with E-state index in [1.165, 1.54) is 0 Å². The van der Waals surface area contributed by atoms with E-state index >= 15 is 0 Å². The zero-order valence-corrected chi connectivity index (χ0v) is 11.8. The molecule has 0 atom stereocenters. The first-order valence-electron chi connectivity index (χ1n) is 6.64. The van der Waals surface area contributed by atoms with Gasteiger partial charge in [0.15, 0.2) is 0 Å². The van der Waals surface area contributed by atoms with E-state index in [-0.39, 0.29) is 0 Å². The summed E-state index contributed by atoms with van der Waals surface area (Å²) in [7, 11) is 0. The predicted molar refractivity (Wildman–Crippen MR) is 77.4 cm³/mol. The molecular weight excluding hydrogens is 238 g/mol. The molecule has 0 aliphatic heterocycles. The number of hydrogen-bond donors (Lipinski definition) is 1. The molecule has 1 aromatic carbocycles. The van der Waals surface area contributed by atoms with Crippen molar-refractivity contribution in [3.63, 3.8) is 0 Å². The summed E-state index contributed by atoms with van der Waals surface area (Å²) in [6.07, 6.45) is 3.83. The molecule has 19 heavy (non-hydrogen) atoms. The van der Waals surface area contributed by atoms with Crippen molar-refractivity contribution in [1.29, 1.82) is 0 Å². The fourth-order valence-corrected chi connectivity index (χ4v) is 2.16. The summed E-state index contributed by atoms with van der Waals surface area (Å²) in [5.74, 6) is 2.36. The molecule has 0 unspecified atom stereocenters. The molecule has 0 fully saturated rings. The number of anilines is 1. The molecule has 0 amide bonds. The highest BCUT2D eigenvalue weighted by Gasteiger charge is 2.10. The van der Waals surface area contributed by atoms with Gasteiger partial charge in [0.1, 0.15) is 11.6 Å². The van der Waals surface area contributed by atoms with Crippen molar-refractivity contribution in [2.45, 2.75) is 33.2 Å². The van der Waals surface area contributed by atoms with Gasteiger partial charge in [-0.3, -0.25) is 0 Å². The second-order valence-corrected chi connectivity index (χ2v) is 4.87. The fraction of sp³-hybridized carbons (Fsp3) is 0.400. The van der Waals surface area contributed by atoms with Gasteiger partial charge in [-0.2, -0.15) is 0 Å². The van der Waals surface area contributed by atoms with Crippen molar-refractivity contribution < 1.29 is 4.74 Å². The minimum atomic E-state index is 0.395. The van der Waals surface area contributed by atoms with Gasteiger partial charge in [0.2, 0.25) is 0 Å². The summed E-state index contributed by atoms with van der Waals surface area (Å²) < 4.78 is 7.79. The third-order valence-corrected chi connectivity index (χ3v) is 2.99. The van der Waals surface area contributed by atoms with Crippen LogP contribution in [0.15, 0.2) is 30.6 Å². The Labute approximate surface area is 114 Å². The molecule has 1 aromatic heterocycles. The maximum Gasteiger partial charge on any atom is 0.124 e. The Balaban J connectivity index is 2.31. The van der Waals surface area contributed by atoms with Crippen molar-refractivity contribution in [1.82, 2.24) is 9.55 Å². The molecule has 0 saturated carbocycles. The zero-order chi connectivity index (χ0) is 13.8. The lowest BCUT2D eigenvalue weighted by Crippen LogP contribution is -2.08. The van der Waals surface area contributed by atoms with Crippen LogP contribution in [0.25, 0.3) is 0 Å². The van der Waals surface area contributed by atoms with E-state index in [2.05, 4.69) is 23.4 Å². The molecule has 2 aromatic rings. The average Bonchev–Trinajstić information content (AvgIpc) is 2.81. The number of ether oxygens (including phenoxy) is 1. The summed E-state index contributed by atoms with van der Waals surface area (Å²) in [5, 5.41) is 0. The van der Waals surface area contributed by atoms with E-state index in [4.69, 9.17) is 10.5 Å². The highest BCUT2D eigenvalue weighted by molar-refractivity contribution is 5.48. The van der Waals surface area contributed by atoms with Crippen molar-refractivity contribution in [2.75, 3.05) is 12.3 Å². The Morgan fingerprint density at radius 2 is 2.16 bits per heavy atom. The number of hydrogen-bond acceptors (Lipinski definition) is 3. The second kappa shape index (κ2) is 5.78. The third-order valence-electron chi connectivity index (χ3n) is 2.99. The van der Waals surface area contributed by atoms with Crippen molar-refractivity contribution in [3.8, 4) is 5.75 Å². The summed E-state index contributed by atoms with van der Waals surface area (Å²) >= 11 is 0. The number of rotatable bonds is 5. The molecule has 4 heteroatoms. The van der Waals surface area contributed by atoms with Crippen LogP contribution in [-0.2, 0) is 6.54 Å². The molecule has 0 saturated heterocycles. The van der Waals surface area contributed by atoms with Gasteiger partial charge >= 0.3 is 0 Å². The number of nitrogens with two attached hydrogens (primary N) is 1. The minimum absolute atomic E-state index is 0.395.